The van der Waals surface area contributed by atoms with E-state index >= 15 is 0 Å². The van der Waals surface area contributed by atoms with E-state index in [0.29, 0.717) is 10.0 Å². The quantitative estimate of drug-likeness (QED) is 0.781. The average molecular weight is 318 g/mol. The average Bonchev–Trinajstić information content (AvgIpc) is 2.28. The largest absolute Gasteiger partial charge is 0.435 e. The fourth-order valence-electron chi connectivity index (χ4n) is 1.17. The van der Waals surface area contributed by atoms with Crippen LogP contribution >= 0.6 is 27.5 Å². The van der Waals surface area contributed by atoms with Gasteiger partial charge in [-0.2, -0.15) is 4.98 Å². The lowest BCUT2D eigenvalue weighted by atomic mass is 10.3. The highest BCUT2D eigenvalue weighted by Crippen LogP contribution is 2.28. The number of rotatable bonds is 2. The standard InChI is InChI=1S/C11H7BrClFN2O/c1-6-5-15-11(13)16-10(6)17-9-4-7(12)2-3-8(9)14/h2-5H,1H3. The van der Waals surface area contributed by atoms with Gasteiger partial charge in [0.2, 0.25) is 11.2 Å². The molecular formula is C11H7BrClFN2O. The first-order valence-corrected chi connectivity index (χ1v) is 5.85. The zero-order valence-corrected chi connectivity index (χ0v) is 11.1. The highest BCUT2D eigenvalue weighted by molar-refractivity contribution is 9.10. The Morgan fingerprint density at radius 3 is 2.94 bits per heavy atom. The fraction of sp³-hybridized carbons (Fsp3) is 0.0909. The van der Waals surface area contributed by atoms with E-state index in [4.69, 9.17) is 16.3 Å². The number of hydrogen-bond acceptors (Lipinski definition) is 3. The molecule has 0 spiro atoms. The Morgan fingerprint density at radius 2 is 2.18 bits per heavy atom. The van der Waals surface area contributed by atoms with Crippen LogP contribution in [0.5, 0.6) is 11.6 Å². The smallest absolute Gasteiger partial charge is 0.226 e. The van der Waals surface area contributed by atoms with Crippen molar-refractivity contribution in [3.63, 3.8) is 0 Å². The third-order valence-electron chi connectivity index (χ3n) is 2.00. The molecule has 0 fully saturated rings. The first kappa shape index (κ1) is 12.3. The predicted octanol–water partition coefficient (Wildman–Crippen LogP) is 4.13. The van der Waals surface area contributed by atoms with Gasteiger partial charge in [0, 0.05) is 16.2 Å². The van der Waals surface area contributed by atoms with Crippen molar-refractivity contribution in [1.82, 2.24) is 9.97 Å². The lowest BCUT2D eigenvalue weighted by molar-refractivity contribution is 0.423. The number of aryl methyl sites for hydroxylation is 1. The summed E-state index contributed by atoms with van der Waals surface area (Å²) in [5, 5.41) is 0.0565. The molecule has 3 nitrogen and oxygen atoms in total. The number of hydrogen-bond donors (Lipinski definition) is 0. The number of aromatic nitrogens is 2. The van der Waals surface area contributed by atoms with Gasteiger partial charge >= 0.3 is 0 Å². The molecule has 0 aliphatic rings. The lowest BCUT2D eigenvalue weighted by Crippen LogP contribution is -1.95. The Labute approximate surface area is 111 Å². The minimum absolute atomic E-state index is 0.0565. The fourth-order valence-corrected chi connectivity index (χ4v) is 1.63. The molecular weight excluding hydrogens is 310 g/mol. The van der Waals surface area contributed by atoms with Crippen molar-refractivity contribution in [2.45, 2.75) is 6.92 Å². The van der Waals surface area contributed by atoms with Crippen molar-refractivity contribution in [3.05, 3.63) is 45.5 Å². The molecule has 0 atom stereocenters. The van der Waals surface area contributed by atoms with Crippen LogP contribution in [0.2, 0.25) is 5.28 Å². The molecule has 0 aliphatic heterocycles. The van der Waals surface area contributed by atoms with Gasteiger partial charge < -0.3 is 4.74 Å². The molecule has 0 bridgehead atoms. The molecule has 1 heterocycles. The summed E-state index contributed by atoms with van der Waals surface area (Å²) in [7, 11) is 0. The van der Waals surface area contributed by atoms with Gasteiger partial charge in [-0.3, -0.25) is 0 Å². The van der Waals surface area contributed by atoms with E-state index in [1.807, 2.05) is 0 Å². The van der Waals surface area contributed by atoms with Gasteiger partial charge in [-0.1, -0.05) is 15.9 Å². The summed E-state index contributed by atoms with van der Waals surface area (Å²) >= 11 is 8.89. The van der Waals surface area contributed by atoms with Crippen LogP contribution in [-0.2, 0) is 0 Å². The molecule has 0 N–H and O–H groups in total. The van der Waals surface area contributed by atoms with Crippen LogP contribution < -0.4 is 4.74 Å². The van der Waals surface area contributed by atoms with E-state index in [2.05, 4.69) is 25.9 Å². The lowest BCUT2D eigenvalue weighted by Gasteiger charge is -2.08. The van der Waals surface area contributed by atoms with E-state index in [1.54, 1.807) is 13.0 Å². The SMILES string of the molecule is Cc1cnc(Cl)nc1Oc1cc(Br)ccc1F. The van der Waals surface area contributed by atoms with Crippen molar-refractivity contribution in [1.29, 1.82) is 0 Å². The van der Waals surface area contributed by atoms with Gasteiger partial charge in [-0.25, -0.2) is 9.37 Å². The summed E-state index contributed by atoms with van der Waals surface area (Å²) in [6.07, 6.45) is 1.51. The monoisotopic (exact) mass is 316 g/mol. The van der Waals surface area contributed by atoms with Gasteiger partial charge in [0.1, 0.15) is 0 Å². The molecule has 0 radical (unpaired) electrons. The highest BCUT2D eigenvalue weighted by atomic mass is 79.9. The molecule has 17 heavy (non-hydrogen) atoms. The summed E-state index contributed by atoms with van der Waals surface area (Å²) < 4.78 is 19.5. The second-order valence-corrected chi connectivity index (χ2v) is 4.56. The normalized spacial score (nSPS) is 10.4. The van der Waals surface area contributed by atoms with E-state index in [0.717, 1.165) is 0 Å². The van der Waals surface area contributed by atoms with E-state index in [9.17, 15) is 4.39 Å². The number of nitrogens with zero attached hydrogens (tertiary/aromatic N) is 2. The van der Waals surface area contributed by atoms with Crippen LogP contribution in [0.4, 0.5) is 4.39 Å². The first-order valence-electron chi connectivity index (χ1n) is 4.68. The Morgan fingerprint density at radius 1 is 1.41 bits per heavy atom. The predicted molar refractivity (Wildman–Crippen MR) is 66.0 cm³/mol. The Hall–Kier alpha value is -1.20. The van der Waals surface area contributed by atoms with Crippen LogP contribution in [0.3, 0.4) is 0 Å². The number of benzene rings is 1. The van der Waals surface area contributed by atoms with Crippen molar-refractivity contribution in [2.24, 2.45) is 0 Å². The summed E-state index contributed by atoms with van der Waals surface area (Å²) in [4.78, 5) is 7.68. The molecule has 0 saturated heterocycles. The summed E-state index contributed by atoms with van der Waals surface area (Å²) in [5.74, 6) is -0.151. The summed E-state index contributed by atoms with van der Waals surface area (Å²) in [6, 6.07) is 4.41. The van der Waals surface area contributed by atoms with E-state index in [-0.39, 0.29) is 16.9 Å². The van der Waals surface area contributed by atoms with E-state index in [1.165, 1.54) is 18.3 Å². The minimum atomic E-state index is -0.470. The van der Waals surface area contributed by atoms with Crippen LogP contribution in [0, 0.1) is 12.7 Å². The van der Waals surface area contributed by atoms with Gasteiger partial charge in [0.25, 0.3) is 0 Å². The summed E-state index contributed by atoms with van der Waals surface area (Å²) in [6.45, 7) is 1.75. The molecule has 0 unspecified atom stereocenters. The van der Waals surface area contributed by atoms with Gasteiger partial charge in [0.15, 0.2) is 11.6 Å². The molecule has 0 aliphatic carbocycles. The van der Waals surface area contributed by atoms with Gasteiger partial charge in [-0.05, 0) is 36.7 Å². The highest BCUT2D eigenvalue weighted by Gasteiger charge is 2.09. The zero-order chi connectivity index (χ0) is 12.4. The van der Waals surface area contributed by atoms with Crippen molar-refractivity contribution in [2.75, 3.05) is 0 Å². The molecule has 0 amide bonds. The molecule has 2 rings (SSSR count). The van der Waals surface area contributed by atoms with Crippen LogP contribution in [0.25, 0.3) is 0 Å². The van der Waals surface area contributed by atoms with Crippen LogP contribution in [0.1, 0.15) is 5.56 Å². The van der Waals surface area contributed by atoms with Gasteiger partial charge in [0.05, 0.1) is 0 Å². The molecule has 88 valence electrons. The number of halogens is 3. The Kier molecular flexibility index (Phi) is 3.59. The maximum absolute atomic E-state index is 13.5. The second kappa shape index (κ2) is 4.98. The zero-order valence-electron chi connectivity index (χ0n) is 8.75. The molecule has 1 aromatic heterocycles. The van der Waals surface area contributed by atoms with Crippen molar-refractivity contribution in [3.8, 4) is 11.6 Å². The Balaban J connectivity index is 2.37. The molecule has 0 saturated carbocycles. The first-order chi connectivity index (χ1) is 8.06. The third kappa shape index (κ3) is 2.92. The second-order valence-electron chi connectivity index (χ2n) is 3.30. The molecule has 6 heteroatoms. The van der Waals surface area contributed by atoms with Crippen molar-refractivity contribution < 1.29 is 9.13 Å². The van der Waals surface area contributed by atoms with Crippen molar-refractivity contribution >= 4 is 27.5 Å². The van der Waals surface area contributed by atoms with Crippen LogP contribution in [0.15, 0.2) is 28.9 Å². The maximum Gasteiger partial charge on any atom is 0.226 e. The number of ether oxygens (including phenoxy) is 1. The molecule has 2 aromatic rings. The van der Waals surface area contributed by atoms with E-state index < -0.39 is 5.82 Å². The topological polar surface area (TPSA) is 35.0 Å². The Bertz CT molecular complexity index is 516. The summed E-state index contributed by atoms with van der Waals surface area (Å²) in [5.41, 5.74) is 0.675. The van der Waals surface area contributed by atoms with Gasteiger partial charge in [-0.15, -0.1) is 0 Å². The molecule has 1 aromatic carbocycles. The van der Waals surface area contributed by atoms with Crippen LogP contribution in [-0.4, -0.2) is 9.97 Å². The maximum atomic E-state index is 13.5. The third-order valence-corrected chi connectivity index (χ3v) is 2.67. The minimum Gasteiger partial charge on any atom is -0.435 e.